The van der Waals surface area contributed by atoms with Gasteiger partial charge in [-0.2, -0.15) is 0 Å². The minimum atomic E-state index is 0.455. The van der Waals surface area contributed by atoms with Crippen molar-refractivity contribution in [2.75, 3.05) is 5.75 Å². The molecule has 0 aliphatic carbocycles. The number of carbonyl (C=O) groups excluding carboxylic acids is 1. The summed E-state index contributed by atoms with van der Waals surface area (Å²) >= 11 is 3.60. The second-order valence-electron chi connectivity index (χ2n) is 4.22. The molecule has 0 saturated heterocycles. The summed E-state index contributed by atoms with van der Waals surface area (Å²) in [5.41, 5.74) is 2.31. The Morgan fingerprint density at radius 2 is 2.18 bits per heavy atom. The number of fused-ring (bicyclic) bond motifs is 1. The molecule has 0 radical (unpaired) electrons. The molecule has 1 aromatic rings. The van der Waals surface area contributed by atoms with E-state index in [9.17, 15) is 4.79 Å². The van der Waals surface area contributed by atoms with E-state index in [0.29, 0.717) is 5.92 Å². The third kappa shape index (κ3) is 1.87. The highest BCUT2D eigenvalue weighted by atomic mass is 32.2. The van der Waals surface area contributed by atoms with Crippen molar-refractivity contribution < 1.29 is 4.79 Å². The van der Waals surface area contributed by atoms with Crippen LogP contribution in [-0.2, 0) is 4.79 Å². The second-order valence-corrected chi connectivity index (χ2v) is 6.32. The Morgan fingerprint density at radius 3 is 3.00 bits per heavy atom. The van der Waals surface area contributed by atoms with E-state index in [1.54, 1.807) is 11.8 Å². The summed E-state index contributed by atoms with van der Waals surface area (Å²) in [6, 6.07) is 8.54. The Bertz CT molecular complexity index is 543. The molecule has 0 N–H and O–H groups in total. The zero-order valence-electron chi connectivity index (χ0n) is 9.47. The van der Waals surface area contributed by atoms with Gasteiger partial charge < -0.3 is 0 Å². The van der Waals surface area contributed by atoms with Gasteiger partial charge in [0.2, 0.25) is 0 Å². The predicted octanol–water partition coefficient (Wildman–Crippen LogP) is 3.98. The Morgan fingerprint density at radius 1 is 1.35 bits per heavy atom. The van der Waals surface area contributed by atoms with Gasteiger partial charge in [-0.05, 0) is 17.7 Å². The molecule has 0 fully saturated rings. The molecule has 86 valence electrons. The van der Waals surface area contributed by atoms with E-state index in [-0.39, 0.29) is 0 Å². The minimum absolute atomic E-state index is 0.455. The average molecular weight is 260 g/mol. The third-order valence-corrected chi connectivity index (χ3v) is 5.74. The summed E-state index contributed by atoms with van der Waals surface area (Å²) in [4.78, 5) is 14.8. The van der Waals surface area contributed by atoms with Gasteiger partial charge in [0.15, 0.2) is 0 Å². The van der Waals surface area contributed by atoms with Crippen LogP contribution >= 0.6 is 23.5 Å². The summed E-state index contributed by atoms with van der Waals surface area (Å²) in [5, 5.41) is 0. The normalized spacial score (nSPS) is 22.6. The lowest BCUT2D eigenvalue weighted by atomic mass is 9.99. The molecule has 3 heteroatoms. The van der Waals surface area contributed by atoms with Crippen LogP contribution in [0.2, 0.25) is 0 Å². The smallest absolute Gasteiger partial charge is 0.146 e. The molecule has 1 aromatic carbocycles. The van der Waals surface area contributed by atoms with Crippen LogP contribution < -0.4 is 0 Å². The van der Waals surface area contributed by atoms with Crippen LogP contribution in [0.1, 0.15) is 18.4 Å². The molecule has 2 heterocycles. The summed E-state index contributed by atoms with van der Waals surface area (Å²) in [7, 11) is 0. The standard InChI is InChI=1S/C14H12OS2/c1-9-11-4-2-3-5-12(11)17-13-6-10(7-15)8-16-14(9)13/h2-7,9H,8H2,1H3. The molecule has 2 aliphatic rings. The van der Waals surface area contributed by atoms with Crippen molar-refractivity contribution in [3.8, 4) is 0 Å². The van der Waals surface area contributed by atoms with Crippen molar-refractivity contribution in [1.29, 1.82) is 0 Å². The summed E-state index contributed by atoms with van der Waals surface area (Å²) < 4.78 is 0. The molecule has 0 bridgehead atoms. The lowest BCUT2D eigenvalue weighted by Gasteiger charge is -2.29. The van der Waals surface area contributed by atoms with Crippen LogP contribution in [0.3, 0.4) is 0 Å². The Labute approximate surface area is 109 Å². The molecule has 0 spiro atoms. The average Bonchev–Trinajstić information content (AvgIpc) is 2.38. The van der Waals surface area contributed by atoms with E-state index in [1.165, 1.54) is 20.3 Å². The number of benzene rings is 1. The van der Waals surface area contributed by atoms with Gasteiger partial charge in [-0.1, -0.05) is 36.9 Å². The number of aldehydes is 1. The highest BCUT2D eigenvalue weighted by molar-refractivity contribution is 8.07. The van der Waals surface area contributed by atoms with E-state index in [4.69, 9.17) is 0 Å². The quantitative estimate of drug-likeness (QED) is 0.711. The van der Waals surface area contributed by atoms with Gasteiger partial charge in [0.25, 0.3) is 0 Å². The molecule has 1 unspecified atom stereocenters. The maximum Gasteiger partial charge on any atom is 0.146 e. The van der Waals surface area contributed by atoms with Gasteiger partial charge in [0.1, 0.15) is 6.29 Å². The zero-order chi connectivity index (χ0) is 11.8. The summed E-state index contributed by atoms with van der Waals surface area (Å²) in [5.74, 6) is 1.27. The van der Waals surface area contributed by atoms with Gasteiger partial charge in [0.05, 0.1) is 0 Å². The van der Waals surface area contributed by atoms with Crippen molar-refractivity contribution in [3.05, 3.63) is 51.3 Å². The highest BCUT2D eigenvalue weighted by Crippen LogP contribution is 2.51. The van der Waals surface area contributed by atoms with Crippen LogP contribution in [0.4, 0.5) is 0 Å². The molecule has 1 nitrogen and oxygen atoms in total. The maximum absolute atomic E-state index is 10.8. The Kier molecular flexibility index (Phi) is 2.89. The van der Waals surface area contributed by atoms with Gasteiger partial charge in [-0.25, -0.2) is 0 Å². The fourth-order valence-electron chi connectivity index (χ4n) is 2.19. The van der Waals surface area contributed by atoms with Crippen molar-refractivity contribution in [2.24, 2.45) is 0 Å². The Hall–Kier alpha value is -0.930. The number of carbonyl (C=O) groups is 1. The first kappa shape index (κ1) is 11.2. The van der Waals surface area contributed by atoms with Crippen molar-refractivity contribution in [1.82, 2.24) is 0 Å². The number of hydrogen-bond acceptors (Lipinski definition) is 3. The monoisotopic (exact) mass is 260 g/mol. The van der Waals surface area contributed by atoms with Gasteiger partial charge >= 0.3 is 0 Å². The number of allylic oxidation sites excluding steroid dienone is 2. The number of hydrogen-bond donors (Lipinski definition) is 0. The maximum atomic E-state index is 10.8. The van der Waals surface area contributed by atoms with Crippen molar-refractivity contribution >= 4 is 29.8 Å². The second kappa shape index (κ2) is 4.39. The van der Waals surface area contributed by atoms with Gasteiger partial charge in [0, 0.05) is 31.9 Å². The molecule has 17 heavy (non-hydrogen) atoms. The highest BCUT2D eigenvalue weighted by Gasteiger charge is 2.27. The summed E-state index contributed by atoms with van der Waals surface area (Å²) in [6.45, 7) is 2.25. The molecule has 2 aliphatic heterocycles. The molecule has 0 saturated carbocycles. The van der Waals surface area contributed by atoms with E-state index >= 15 is 0 Å². The first-order valence-corrected chi connectivity index (χ1v) is 7.39. The van der Waals surface area contributed by atoms with Crippen molar-refractivity contribution in [3.63, 3.8) is 0 Å². The molecule has 0 aromatic heterocycles. The third-order valence-electron chi connectivity index (χ3n) is 3.10. The molecule has 3 rings (SSSR count). The first-order valence-electron chi connectivity index (χ1n) is 5.59. The van der Waals surface area contributed by atoms with Gasteiger partial charge in [-0.3, -0.25) is 4.79 Å². The van der Waals surface area contributed by atoms with Gasteiger partial charge in [-0.15, -0.1) is 11.8 Å². The van der Waals surface area contributed by atoms with E-state index in [2.05, 4.69) is 37.3 Å². The predicted molar refractivity (Wildman–Crippen MR) is 74.3 cm³/mol. The number of thioether (sulfide) groups is 2. The first-order chi connectivity index (χ1) is 8.29. The topological polar surface area (TPSA) is 17.1 Å². The van der Waals surface area contributed by atoms with E-state index in [1.807, 2.05) is 11.8 Å². The molecular weight excluding hydrogens is 248 g/mol. The fourth-order valence-corrected chi connectivity index (χ4v) is 4.78. The van der Waals surface area contributed by atoms with E-state index in [0.717, 1.165) is 17.6 Å². The lowest BCUT2D eigenvalue weighted by molar-refractivity contribution is -0.104. The molecule has 0 amide bonds. The van der Waals surface area contributed by atoms with Crippen LogP contribution in [0.5, 0.6) is 0 Å². The lowest BCUT2D eigenvalue weighted by Crippen LogP contribution is -2.09. The van der Waals surface area contributed by atoms with E-state index < -0.39 is 0 Å². The molecule has 1 atom stereocenters. The largest absolute Gasteiger partial charge is 0.298 e. The fraction of sp³-hybridized carbons (Fsp3) is 0.214. The minimum Gasteiger partial charge on any atom is -0.298 e. The number of rotatable bonds is 1. The van der Waals surface area contributed by atoms with Crippen molar-refractivity contribution in [2.45, 2.75) is 17.7 Å². The SMILES string of the molecule is CC1C2=C(C=C(C=O)CS2)Sc2ccccc21. The van der Waals surface area contributed by atoms with Crippen LogP contribution in [0, 0.1) is 0 Å². The molecular formula is C14H12OS2. The summed E-state index contributed by atoms with van der Waals surface area (Å²) in [6.07, 6.45) is 3.03. The Balaban J connectivity index is 2.07. The van der Waals surface area contributed by atoms with Crippen LogP contribution in [-0.4, -0.2) is 12.0 Å². The van der Waals surface area contributed by atoms with Crippen LogP contribution in [0.15, 0.2) is 50.6 Å². The zero-order valence-corrected chi connectivity index (χ0v) is 11.1. The van der Waals surface area contributed by atoms with Crippen LogP contribution in [0.25, 0.3) is 0 Å².